The van der Waals surface area contributed by atoms with Gasteiger partial charge in [-0.05, 0) is 97.9 Å². The number of rotatable bonds is 9. The average molecular weight is 556 g/mol. The fourth-order valence-corrected chi connectivity index (χ4v) is 5.58. The van der Waals surface area contributed by atoms with Crippen LogP contribution >= 0.6 is 0 Å². The van der Waals surface area contributed by atoms with E-state index in [-0.39, 0.29) is 30.6 Å². The number of likely N-dealkylation sites (tertiary alicyclic amines) is 1. The minimum atomic E-state index is -4.48. The molecule has 1 fully saturated rings. The SMILES string of the molecule is CC(=O)[C@@H](CC(C)C)c1cc(-c2ccc(C(F)(F)F)cc2)cc([C@H]2CCC[C@@H](C(F)(F)F)N2CCC(C)C)c1. The van der Waals surface area contributed by atoms with Crippen molar-refractivity contribution in [1.29, 1.82) is 0 Å². The molecule has 1 aliphatic rings. The van der Waals surface area contributed by atoms with E-state index >= 15 is 0 Å². The number of piperidine rings is 1. The zero-order chi connectivity index (χ0) is 29.1. The molecule has 2 aromatic rings. The molecule has 3 rings (SSSR count). The molecule has 0 aromatic heterocycles. The van der Waals surface area contributed by atoms with Crippen molar-refractivity contribution >= 4 is 5.78 Å². The molecule has 39 heavy (non-hydrogen) atoms. The largest absolute Gasteiger partial charge is 0.416 e. The zero-order valence-electron chi connectivity index (χ0n) is 23.3. The zero-order valence-corrected chi connectivity index (χ0v) is 23.3. The van der Waals surface area contributed by atoms with Gasteiger partial charge in [0.2, 0.25) is 0 Å². The van der Waals surface area contributed by atoms with Gasteiger partial charge in [-0.25, -0.2) is 0 Å². The molecule has 3 atom stereocenters. The Hall–Kier alpha value is -2.35. The van der Waals surface area contributed by atoms with Gasteiger partial charge >= 0.3 is 12.4 Å². The van der Waals surface area contributed by atoms with Crippen LogP contribution < -0.4 is 0 Å². The Morgan fingerprint density at radius 1 is 0.897 bits per heavy atom. The molecule has 0 bridgehead atoms. The Morgan fingerprint density at radius 2 is 1.54 bits per heavy atom. The number of ketones is 1. The van der Waals surface area contributed by atoms with Gasteiger partial charge in [-0.15, -0.1) is 0 Å². The van der Waals surface area contributed by atoms with Crippen LogP contribution in [0.2, 0.25) is 0 Å². The third-order valence-electron chi connectivity index (χ3n) is 7.61. The Kier molecular flexibility index (Phi) is 9.95. The summed E-state index contributed by atoms with van der Waals surface area (Å²) in [5, 5.41) is 0. The second kappa shape index (κ2) is 12.4. The molecule has 0 unspecified atom stereocenters. The van der Waals surface area contributed by atoms with Gasteiger partial charge in [0.05, 0.1) is 5.56 Å². The van der Waals surface area contributed by atoms with Crippen LogP contribution in [0.1, 0.15) is 95.4 Å². The highest BCUT2D eigenvalue weighted by Crippen LogP contribution is 2.43. The van der Waals surface area contributed by atoms with Crippen molar-refractivity contribution in [1.82, 2.24) is 4.90 Å². The monoisotopic (exact) mass is 555 g/mol. The minimum Gasteiger partial charge on any atom is -0.299 e. The highest BCUT2D eigenvalue weighted by atomic mass is 19.4. The lowest BCUT2D eigenvalue weighted by Gasteiger charge is -2.43. The summed E-state index contributed by atoms with van der Waals surface area (Å²) in [4.78, 5) is 14.3. The van der Waals surface area contributed by atoms with E-state index in [1.165, 1.54) is 19.1 Å². The summed E-state index contributed by atoms with van der Waals surface area (Å²) >= 11 is 0. The van der Waals surface area contributed by atoms with Crippen LogP contribution in [0, 0.1) is 11.8 Å². The van der Waals surface area contributed by atoms with Crippen molar-refractivity contribution in [2.45, 2.75) is 97.1 Å². The van der Waals surface area contributed by atoms with Crippen molar-refractivity contribution in [3.63, 3.8) is 0 Å². The summed E-state index contributed by atoms with van der Waals surface area (Å²) < 4.78 is 82.0. The van der Waals surface area contributed by atoms with E-state index in [1.807, 2.05) is 39.8 Å². The van der Waals surface area contributed by atoms with E-state index in [0.717, 1.165) is 12.1 Å². The second-order valence-corrected chi connectivity index (χ2v) is 11.7. The Labute approximate surface area is 227 Å². The van der Waals surface area contributed by atoms with Crippen molar-refractivity contribution < 1.29 is 31.1 Å². The van der Waals surface area contributed by atoms with Crippen LogP contribution in [0.25, 0.3) is 11.1 Å². The Balaban J connectivity index is 2.16. The molecular weight excluding hydrogens is 516 g/mol. The third-order valence-corrected chi connectivity index (χ3v) is 7.61. The van der Waals surface area contributed by atoms with Gasteiger partial charge in [-0.3, -0.25) is 9.69 Å². The molecule has 1 saturated heterocycles. The summed E-state index contributed by atoms with van der Waals surface area (Å²) in [6.07, 6.45) is -6.69. The molecule has 0 aliphatic carbocycles. The topological polar surface area (TPSA) is 20.3 Å². The summed E-state index contributed by atoms with van der Waals surface area (Å²) in [6, 6.07) is 8.17. The summed E-state index contributed by atoms with van der Waals surface area (Å²) in [6.45, 7) is 9.75. The van der Waals surface area contributed by atoms with E-state index < -0.39 is 35.9 Å². The number of carbonyl (C=O) groups is 1. The van der Waals surface area contributed by atoms with Crippen LogP contribution in [0.3, 0.4) is 0 Å². The summed E-state index contributed by atoms with van der Waals surface area (Å²) in [7, 11) is 0. The summed E-state index contributed by atoms with van der Waals surface area (Å²) in [5.74, 6) is -0.0792. The number of hydrogen-bond donors (Lipinski definition) is 0. The van der Waals surface area contributed by atoms with Gasteiger partial charge in [-0.2, -0.15) is 26.3 Å². The molecule has 0 saturated carbocycles. The number of benzene rings is 2. The molecular formula is C31H39F6NO. The fraction of sp³-hybridized carbons (Fsp3) is 0.581. The van der Waals surface area contributed by atoms with Crippen molar-refractivity contribution in [3.05, 3.63) is 59.2 Å². The number of Topliss-reactive ketones (excluding diaryl/α,β-unsaturated/α-hetero) is 1. The second-order valence-electron chi connectivity index (χ2n) is 11.7. The van der Waals surface area contributed by atoms with Gasteiger partial charge in [0, 0.05) is 12.0 Å². The number of hydrogen-bond acceptors (Lipinski definition) is 2. The van der Waals surface area contributed by atoms with Gasteiger partial charge in [-0.1, -0.05) is 52.0 Å². The van der Waals surface area contributed by atoms with E-state index in [4.69, 9.17) is 0 Å². The first-order valence-corrected chi connectivity index (χ1v) is 13.7. The van der Waals surface area contributed by atoms with Gasteiger partial charge in [0.15, 0.2) is 0 Å². The van der Waals surface area contributed by atoms with Gasteiger partial charge in [0.25, 0.3) is 0 Å². The molecule has 1 aliphatic heterocycles. The maximum atomic E-state index is 14.2. The molecule has 2 nitrogen and oxygen atoms in total. The van der Waals surface area contributed by atoms with E-state index in [9.17, 15) is 31.1 Å². The highest BCUT2D eigenvalue weighted by molar-refractivity contribution is 5.84. The highest BCUT2D eigenvalue weighted by Gasteiger charge is 2.47. The Bertz CT molecular complexity index is 1100. The van der Waals surface area contributed by atoms with Gasteiger partial charge in [0.1, 0.15) is 11.8 Å². The number of carbonyl (C=O) groups excluding carboxylic acids is 1. The maximum Gasteiger partial charge on any atom is 0.416 e. The minimum absolute atomic E-state index is 0.0347. The van der Waals surface area contributed by atoms with E-state index in [1.54, 1.807) is 11.0 Å². The molecule has 0 spiro atoms. The van der Waals surface area contributed by atoms with Gasteiger partial charge < -0.3 is 0 Å². The molecule has 1 heterocycles. The first-order chi connectivity index (χ1) is 18.1. The molecule has 0 N–H and O–H groups in total. The molecule has 8 heteroatoms. The number of alkyl halides is 6. The number of halogens is 6. The van der Waals surface area contributed by atoms with E-state index in [0.29, 0.717) is 47.9 Å². The molecule has 0 amide bonds. The normalized spacial score (nSPS) is 20.0. The predicted octanol–water partition coefficient (Wildman–Crippen LogP) is 9.60. The first-order valence-electron chi connectivity index (χ1n) is 13.7. The van der Waals surface area contributed by atoms with Crippen LogP contribution in [-0.4, -0.2) is 29.4 Å². The Morgan fingerprint density at radius 3 is 2.05 bits per heavy atom. The lowest BCUT2D eigenvalue weighted by Crippen LogP contribution is -2.50. The van der Waals surface area contributed by atoms with Crippen LogP contribution in [0.4, 0.5) is 26.3 Å². The summed E-state index contributed by atoms with van der Waals surface area (Å²) in [5.41, 5.74) is 1.72. The maximum absolute atomic E-state index is 14.2. The molecule has 2 aromatic carbocycles. The van der Waals surface area contributed by atoms with Crippen molar-refractivity contribution in [2.75, 3.05) is 6.54 Å². The standard InChI is InChI=1S/C31H39F6NO/c1-19(2)13-14-38-28(7-6-8-29(38)31(35,36)37)25-17-23(22-9-11-26(12-10-22)30(32,33)34)16-24(18-25)27(21(5)39)15-20(3)4/h9-12,16-20,27-29H,6-8,13-15H2,1-5H3/t27-,28-,29+/m1/s1. The van der Waals surface area contributed by atoms with Crippen molar-refractivity contribution in [3.8, 4) is 11.1 Å². The molecule has 0 radical (unpaired) electrons. The molecule has 216 valence electrons. The smallest absolute Gasteiger partial charge is 0.299 e. The van der Waals surface area contributed by atoms with E-state index in [2.05, 4.69) is 0 Å². The van der Waals surface area contributed by atoms with Crippen molar-refractivity contribution in [2.24, 2.45) is 11.8 Å². The lowest BCUT2D eigenvalue weighted by atomic mass is 9.82. The number of nitrogens with zero attached hydrogens (tertiary/aromatic N) is 1. The lowest BCUT2D eigenvalue weighted by molar-refractivity contribution is -0.200. The first kappa shape index (κ1) is 31.2. The van der Waals surface area contributed by atoms with Crippen LogP contribution in [0.5, 0.6) is 0 Å². The third kappa shape index (κ3) is 8.09. The van der Waals surface area contributed by atoms with Crippen LogP contribution in [-0.2, 0) is 11.0 Å². The fourth-order valence-electron chi connectivity index (χ4n) is 5.58. The average Bonchev–Trinajstić information content (AvgIpc) is 2.84. The predicted molar refractivity (Wildman–Crippen MR) is 142 cm³/mol. The van der Waals surface area contributed by atoms with Crippen LogP contribution in [0.15, 0.2) is 42.5 Å². The quantitative estimate of drug-likeness (QED) is 0.287.